The zero-order valence-corrected chi connectivity index (χ0v) is 12.2. The summed E-state index contributed by atoms with van der Waals surface area (Å²) < 4.78 is 5.75. The van der Waals surface area contributed by atoms with Crippen molar-refractivity contribution in [1.29, 1.82) is 0 Å². The van der Waals surface area contributed by atoms with Gasteiger partial charge >= 0.3 is 0 Å². The zero-order chi connectivity index (χ0) is 12.8. The fraction of sp³-hybridized carbons (Fsp3) is 0.714. The van der Waals surface area contributed by atoms with Crippen LogP contribution in [-0.2, 0) is 17.6 Å². The summed E-state index contributed by atoms with van der Waals surface area (Å²) in [6, 6.07) is 4.50. The lowest BCUT2D eigenvalue weighted by molar-refractivity contribution is 0.0129. The van der Waals surface area contributed by atoms with Gasteiger partial charge in [-0.25, -0.2) is 0 Å². The van der Waals surface area contributed by atoms with Gasteiger partial charge in [0.1, 0.15) is 0 Å². The first-order valence-electron chi connectivity index (χ1n) is 6.53. The fourth-order valence-electron chi connectivity index (χ4n) is 2.07. The molecule has 1 aromatic rings. The molecule has 1 rings (SSSR count). The number of rotatable bonds is 7. The van der Waals surface area contributed by atoms with Crippen LogP contribution in [0.3, 0.4) is 0 Å². The van der Waals surface area contributed by atoms with Crippen LogP contribution < -0.4 is 5.73 Å². The maximum atomic E-state index is 6.27. The van der Waals surface area contributed by atoms with Crippen LogP contribution in [0.1, 0.15) is 37.4 Å². The van der Waals surface area contributed by atoms with E-state index < -0.39 is 0 Å². The summed E-state index contributed by atoms with van der Waals surface area (Å²) >= 11 is 1.87. The van der Waals surface area contributed by atoms with Crippen LogP contribution in [0.2, 0.25) is 0 Å². The molecule has 0 aliphatic carbocycles. The van der Waals surface area contributed by atoms with Crippen LogP contribution >= 0.6 is 11.3 Å². The van der Waals surface area contributed by atoms with Crippen LogP contribution in [0, 0.1) is 5.92 Å². The standard InChI is InChI=1S/C14H25NOS/c1-5-11-7-8-12(17-11)9-13(15)14(10(3)4)16-6-2/h7-8,10,13-14H,5-6,9,15H2,1-4H3. The van der Waals surface area contributed by atoms with Gasteiger partial charge in [-0.3, -0.25) is 0 Å². The lowest BCUT2D eigenvalue weighted by atomic mass is 9.97. The van der Waals surface area contributed by atoms with Gasteiger partial charge in [0.2, 0.25) is 0 Å². The monoisotopic (exact) mass is 255 g/mol. The molecule has 0 aromatic carbocycles. The molecule has 0 aliphatic rings. The maximum absolute atomic E-state index is 6.27. The highest BCUT2D eigenvalue weighted by molar-refractivity contribution is 7.11. The van der Waals surface area contributed by atoms with Crippen LogP contribution in [0.25, 0.3) is 0 Å². The normalized spacial score (nSPS) is 15.2. The van der Waals surface area contributed by atoms with E-state index in [2.05, 4.69) is 32.9 Å². The highest BCUT2D eigenvalue weighted by Crippen LogP contribution is 2.21. The summed E-state index contributed by atoms with van der Waals surface area (Å²) in [6.07, 6.45) is 2.19. The van der Waals surface area contributed by atoms with Crippen molar-refractivity contribution in [3.63, 3.8) is 0 Å². The second kappa shape index (κ2) is 7.14. The van der Waals surface area contributed by atoms with Gasteiger partial charge in [-0.1, -0.05) is 20.8 Å². The van der Waals surface area contributed by atoms with E-state index in [0.29, 0.717) is 5.92 Å². The summed E-state index contributed by atoms with van der Waals surface area (Å²) in [4.78, 5) is 2.81. The Morgan fingerprint density at radius 2 is 1.88 bits per heavy atom. The van der Waals surface area contributed by atoms with Gasteiger partial charge in [0.05, 0.1) is 6.10 Å². The van der Waals surface area contributed by atoms with Gasteiger partial charge < -0.3 is 10.5 Å². The average Bonchev–Trinajstić information content (AvgIpc) is 2.72. The minimum Gasteiger partial charge on any atom is -0.377 e. The largest absolute Gasteiger partial charge is 0.377 e. The number of ether oxygens (including phenoxy) is 1. The minimum atomic E-state index is 0.0957. The quantitative estimate of drug-likeness (QED) is 0.812. The molecule has 2 unspecified atom stereocenters. The van der Waals surface area contributed by atoms with Crippen molar-refractivity contribution in [3.05, 3.63) is 21.9 Å². The topological polar surface area (TPSA) is 35.2 Å². The highest BCUT2D eigenvalue weighted by atomic mass is 32.1. The molecule has 2 N–H and O–H groups in total. The third-order valence-corrected chi connectivity index (χ3v) is 4.19. The third-order valence-electron chi connectivity index (χ3n) is 2.94. The zero-order valence-electron chi connectivity index (χ0n) is 11.4. The fourth-order valence-corrected chi connectivity index (χ4v) is 3.10. The van der Waals surface area contributed by atoms with Gasteiger partial charge in [0, 0.05) is 22.4 Å². The SMILES string of the molecule is CCOC(C(C)C)C(N)Cc1ccc(CC)s1. The van der Waals surface area contributed by atoms with E-state index in [1.54, 1.807) is 0 Å². The molecule has 2 atom stereocenters. The molecule has 0 radical (unpaired) electrons. The summed E-state index contributed by atoms with van der Waals surface area (Å²) in [6.45, 7) is 9.30. The van der Waals surface area contributed by atoms with Crippen molar-refractivity contribution in [2.24, 2.45) is 11.7 Å². The highest BCUT2D eigenvalue weighted by Gasteiger charge is 2.22. The molecule has 0 saturated carbocycles. The molecule has 3 heteroatoms. The molecule has 0 aliphatic heterocycles. The lowest BCUT2D eigenvalue weighted by Crippen LogP contribution is -2.41. The molecule has 0 spiro atoms. The molecule has 1 heterocycles. The van der Waals surface area contributed by atoms with E-state index in [9.17, 15) is 0 Å². The average molecular weight is 255 g/mol. The first kappa shape index (κ1) is 14.7. The van der Waals surface area contributed by atoms with Gasteiger partial charge in [0.15, 0.2) is 0 Å². The molecular weight excluding hydrogens is 230 g/mol. The number of nitrogens with two attached hydrogens (primary N) is 1. The van der Waals surface area contributed by atoms with E-state index in [1.807, 2.05) is 18.3 Å². The van der Waals surface area contributed by atoms with Crippen LogP contribution in [-0.4, -0.2) is 18.8 Å². The second-order valence-corrected chi connectivity index (χ2v) is 6.01. The van der Waals surface area contributed by atoms with E-state index in [1.165, 1.54) is 9.75 Å². The van der Waals surface area contributed by atoms with E-state index in [0.717, 1.165) is 19.4 Å². The number of hydrogen-bond acceptors (Lipinski definition) is 3. The molecular formula is C14H25NOS. The van der Waals surface area contributed by atoms with Crippen molar-refractivity contribution in [1.82, 2.24) is 0 Å². The molecule has 17 heavy (non-hydrogen) atoms. The predicted octanol–water partition coefficient (Wildman–Crippen LogP) is 3.24. The van der Waals surface area contributed by atoms with Gasteiger partial charge in [-0.05, 0) is 37.8 Å². The smallest absolute Gasteiger partial charge is 0.0752 e. The van der Waals surface area contributed by atoms with Crippen molar-refractivity contribution in [2.75, 3.05) is 6.61 Å². The van der Waals surface area contributed by atoms with E-state index in [-0.39, 0.29) is 12.1 Å². The molecule has 0 bridgehead atoms. The molecule has 0 saturated heterocycles. The van der Waals surface area contributed by atoms with Crippen LogP contribution in [0.5, 0.6) is 0 Å². The van der Waals surface area contributed by atoms with Crippen molar-refractivity contribution < 1.29 is 4.74 Å². The van der Waals surface area contributed by atoms with Crippen molar-refractivity contribution in [3.8, 4) is 0 Å². The Balaban J connectivity index is 2.59. The van der Waals surface area contributed by atoms with Crippen molar-refractivity contribution >= 4 is 11.3 Å². The second-order valence-electron chi connectivity index (χ2n) is 4.75. The molecule has 98 valence electrons. The Kier molecular flexibility index (Phi) is 6.17. The van der Waals surface area contributed by atoms with E-state index in [4.69, 9.17) is 10.5 Å². The lowest BCUT2D eigenvalue weighted by Gasteiger charge is -2.26. The minimum absolute atomic E-state index is 0.0957. The summed E-state index contributed by atoms with van der Waals surface area (Å²) in [5, 5.41) is 0. The summed E-state index contributed by atoms with van der Waals surface area (Å²) in [7, 11) is 0. The number of aryl methyl sites for hydroxylation is 1. The van der Waals surface area contributed by atoms with Gasteiger partial charge in [0.25, 0.3) is 0 Å². The van der Waals surface area contributed by atoms with Crippen LogP contribution in [0.4, 0.5) is 0 Å². The number of hydrogen-bond donors (Lipinski definition) is 1. The first-order chi connectivity index (χ1) is 8.08. The third kappa shape index (κ3) is 4.41. The molecule has 0 fully saturated rings. The Morgan fingerprint density at radius 3 is 2.35 bits per heavy atom. The molecule has 1 aromatic heterocycles. The Morgan fingerprint density at radius 1 is 1.24 bits per heavy atom. The predicted molar refractivity (Wildman–Crippen MR) is 75.6 cm³/mol. The first-order valence-corrected chi connectivity index (χ1v) is 7.34. The Hall–Kier alpha value is -0.380. The maximum Gasteiger partial charge on any atom is 0.0752 e. The molecule has 0 amide bonds. The van der Waals surface area contributed by atoms with Crippen LogP contribution in [0.15, 0.2) is 12.1 Å². The Labute approximate surface area is 109 Å². The Bertz CT molecular complexity index is 322. The van der Waals surface area contributed by atoms with Gasteiger partial charge in [-0.2, -0.15) is 0 Å². The van der Waals surface area contributed by atoms with Gasteiger partial charge in [-0.15, -0.1) is 11.3 Å². The summed E-state index contributed by atoms with van der Waals surface area (Å²) in [5.41, 5.74) is 6.27. The molecule has 2 nitrogen and oxygen atoms in total. The summed E-state index contributed by atoms with van der Waals surface area (Å²) in [5.74, 6) is 0.468. The van der Waals surface area contributed by atoms with Crippen molar-refractivity contribution in [2.45, 2.75) is 52.7 Å². The number of thiophene rings is 1. The van der Waals surface area contributed by atoms with E-state index >= 15 is 0 Å².